The first kappa shape index (κ1) is 14.4. The van der Waals surface area contributed by atoms with Crippen molar-refractivity contribution in [3.05, 3.63) is 54.1 Å². The Balaban J connectivity index is 2.58. The Labute approximate surface area is 119 Å². The summed E-state index contributed by atoms with van der Waals surface area (Å²) in [5.74, 6) is 0. The van der Waals surface area contributed by atoms with Gasteiger partial charge in [-0.3, -0.25) is 4.31 Å². The van der Waals surface area contributed by atoms with Crippen LogP contribution < -0.4 is 10.0 Å². The van der Waals surface area contributed by atoms with Gasteiger partial charge in [-0.1, -0.05) is 30.3 Å². The molecule has 0 spiro atoms. The van der Waals surface area contributed by atoms with E-state index in [1.165, 1.54) is 10.4 Å². The number of para-hydroxylation sites is 2. The van der Waals surface area contributed by atoms with Gasteiger partial charge in [-0.15, -0.1) is 0 Å². The number of nitrogens with zero attached hydrogens (tertiary/aromatic N) is 1. The highest BCUT2D eigenvalue weighted by Crippen LogP contribution is 2.28. The molecule has 0 radical (unpaired) electrons. The van der Waals surface area contributed by atoms with Crippen molar-refractivity contribution < 1.29 is 8.42 Å². The van der Waals surface area contributed by atoms with E-state index in [1.54, 1.807) is 24.3 Å². The predicted molar refractivity (Wildman–Crippen MR) is 82.2 cm³/mol. The molecule has 0 aliphatic heterocycles. The lowest BCUT2D eigenvalue weighted by Crippen LogP contribution is -2.31. The van der Waals surface area contributed by atoms with Gasteiger partial charge in [0.1, 0.15) is 4.90 Å². The number of rotatable bonds is 4. The standard InChI is InChI=1S/C15H18N2O2S/c1-3-17(14-10-6-4-8-12(14)2)20(18,19)15-11-7-5-9-13(15)16/h4-11H,3,16H2,1-2H3. The molecule has 0 aliphatic rings. The second kappa shape index (κ2) is 5.54. The van der Waals surface area contributed by atoms with Gasteiger partial charge >= 0.3 is 0 Å². The molecule has 4 nitrogen and oxygen atoms in total. The number of hydrogen-bond donors (Lipinski definition) is 1. The molecule has 2 N–H and O–H groups in total. The van der Waals surface area contributed by atoms with E-state index < -0.39 is 10.0 Å². The van der Waals surface area contributed by atoms with Crippen LogP contribution in [-0.2, 0) is 10.0 Å². The molecule has 20 heavy (non-hydrogen) atoms. The molecule has 2 aromatic rings. The van der Waals surface area contributed by atoms with E-state index in [2.05, 4.69) is 0 Å². The summed E-state index contributed by atoms with van der Waals surface area (Å²) in [5, 5.41) is 0. The molecular weight excluding hydrogens is 272 g/mol. The minimum atomic E-state index is -3.65. The van der Waals surface area contributed by atoms with Gasteiger partial charge in [0.05, 0.1) is 11.4 Å². The van der Waals surface area contributed by atoms with Crippen molar-refractivity contribution in [1.29, 1.82) is 0 Å². The number of benzene rings is 2. The third-order valence-electron chi connectivity index (χ3n) is 3.16. The number of hydrogen-bond acceptors (Lipinski definition) is 3. The Kier molecular flexibility index (Phi) is 3.99. The largest absolute Gasteiger partial charge is 0.398 e. The summed E-state index contributed by atoms with van der Waals surface area (Å²) < 4.78 is 26.9. The molecule has 0 heterocycles. The van der Waals surface area contributed by atoms with Crippen molar-refractivity contribution in [3.8, 4) is 0 Å². The van der Waals surface area contributed by atoms with E-state index in [9.17, 15) is 8.42 Å². The lowest BCUT2D eigenvalue weighted by molar-refractivity contribution is 0.592. The molecule has 0 saturated carbocycles. The molecule has 0 fully saturated rings. The van der Waals surface area contributed by atoms with Crippen molar-refractivity contribution in [2.45, 2.75) is 18.7 Å². The highest BCUT2D eigenvalue weighted by atomic mass is 32.2. The molecule has 0 aromatic heterocycles. The maximum absolute atomic E-state index is 12.8. The second-order valence-corrected chi connectivity index (χ2v) is 6.32. The highest BCUT2D eigenvalue weighted by molar-refractivity contribution is 7.93. The van der Waals surface area contributed by atoms with Crippen LogP contribution in [0, 0.1) is 6.92 Å². The molecule has 0 saturated heterocycles. The van der Waals surface area contributed by atoms with Crippen molar-refractivity contribution in [2.75, 3.05) is 16.6 Å². The molecule has 2 rings (SSSR count). The zero-order valence-corrected chi connectivity index (χ0v) is 12.4. The van der Waals surface area contributed by atoms with Crippen LogP contribution in [0.3, 0.4) is 0 Å². The molecule has 0 bridgehead atoms. The maximum atomic E-state index is 12.8. The van der Waals surface area contributed by atoms with E-state index >= 15 is 0 Å². The van der Waals surface area contributed by atoms with Crippen LogP contribution in [0.2, 0.25) is 0 Å². The first-order chi connectivity index (χ1) is 9.48. The molecule has 0 amide bonds. The predicted octanol–water partition coefficient (Wildman–Crippen LogP) is 2.79. The molecule has 0 unspecified atom stereocenters. The second-order valence-electron chi connectivity index (χ2n) is 4.49. The van der Waals surface area contributed by atoms with E-state index in [0.29, 0.717) is 12.2 Å². The van der Waals surface area contributed by atoms with Crippen LogP contribution in [0.4, 0.5) is 11.4 Å². The van der Waals surface area contributed by atoms with Crippen molar-refractivity contribution >= 4 is 21.4 Å². The fourth-order valence-corrected chi connectivity index (χ4v) is 3.80. The SMILES string of the molecule is CCN(c1ccccc1C)S(=O)(=O)c1ccccc1N. The van der Waals surface area contributed by atoms with E-state index in [0.717, 1.165) is 5.56 Å². The zero-order valence-electron chi connectivity index (χ0n) is 11.6. The van der Waals surface area contributed by atoms with Crippen molar-refractivity contribution in [1.82, 2.24) is 0 Å². The van der Waals surface area contributed by atoms with E-state index in [4.69, 9.17) is 5.73 Å². The Bertz CT molecular complexity index is 711. The fourth-order valence-electron chi connectivity index (χ4n) is 2.15. The molecular formula is C15H18N2O2S. The summed E-state index contributed by atoms with van der Waals surface area (Å²) in [6.07, 6.45) is 0. The van der Waals surface area contributed by atoms with Gasteiger partial charge in [0.15, 0.2) is 0 Å². The van der Waals surface area contributed by atoms with Crippen LogP contribution in [0.15, 0.2) is 53.4 Å². The van der Waals surface area contributed by atoms with Crippen LogP contribution in [0.25, 0.3) is 0 Å². The maximum Gasteiger partial charge on any atom is 0.266 e. The van der Waals surface area contributed by atoms with Gasteiger partial charge in [0, 0.05) is 6.54 Å². The molecule has 0 atom stereocenters. The molecule has 5 heteroatoms. The zero-order chi connectivity index (χ0) is 14.8. The van der Waals surface area contributed by atoms with Gasteiger partial charge in [-0.2, -0.15) is 0 Å². The van der Waals surface area contributed by atoms with Crippen molar-refractivity contribution in [3.63, 3.8) is 0 Å². The quantitative estimate of drug-likeness (QED) is 0.881. The number of anilines is 2. The number of nitrogen functional groups attached to an aromatic ring is 1. The average molecular weight is 290 g/mol. The Morgan fingerprint density at radius 2 is 1.65 bits per heavy atom. The summed E-state index contributed by atoms with van der Waals surface area (Å²) in [5.41, 5.74) is 7.66. The number of nitrogens with two attached hydrogens (primary N) is 1. The minimum absolute atomic E-state index is 0.144. The van der Waals surface area contributed by atoms with Gasteiger partial charge in [-0.25, -0.2) is 8.42 Å². The van der Waals surface area contributed by atoms with Crippen molar-refractivity contribution in [2.24, 2.45) is 0 Å². The lowest BCUT2D eigenvalue weighted by Gasteiger charge is -2.25. The van der Waals surface area contributed by atoms with Gasteiger partial charge in [-0.05, 0) is 37.6 Å². The van der Waals surface area contributed by atoms with Crippen LogP contribution in [-0.4, -0.2) is 15.0 Å². The van der Waals surface area contributed by atoms with E-state index in [1.807, 2.05) is 32.0 Å². The van der Waals surface area contributed by atoms with Gasteiger partial charge < -0.3 is 5.73 Å². The Hall–Kier alpha value is -2.01. The summed E-state index contributed by atoms with van der Waals surface area (Å²) in [7, 11) is -3.65. The summed E-state index contributed by atoms with van der Waals surface area (Å²) in [6, 6.07) is 13.9. The van der Waals surface area contributed by atoms with Gasteiger partial charge in [0.2, 0.25) is 0 Å². The van der Waals surface area contributed by atoms with Gasteiger partial charge in [0.25, 0.3) is 10.0 Å². The number of sulfonamides is 1. The van der Waals surface area contributed by atoms with Crippen LogP contribution in [0.1, 0.15) is 12.5 Å². The minimum Gasteiger partial charge on any atom is -0.398 e. The number of aryl methyl sites for hydroxylation is 1. The lowest BCUT2D eigenvalue weighted by atomic mass is 10.2. The third kappa shape index (κ3) is 2.49. The Morgan fingerprint density at radius 3 is 2.25 bits per heavy atom. The summed E-state index contributed by atoms with van der Waals surface area (Å²) in [6.45, 7) is 4.05. The van der Waals surface area contributed by atoms with Crippen LogP contribution >= 0.6 is 0 Å². The monoisotopic (exact) mass is 290 g/mol. The molecule has 2 aromatic carbocycles. The topological polar surface area (TPSA) is 63.4 Å². The first-order valence-electron chi connectivity index (χ1n) is 6.41. The third-order valence-corrected chi connectivity index (χ3v) is 5.12. The Morgan fingerprint density at radius 1 is 1.05 bits per heavy atom. The fraction of sp³-hybridized carbons (Fsp3) is 0.200. The molecule has 106 valence electrons. The van der Waals surface area contributed by atoms with E-state index in [-0.39, 0.29) is 10.6 Å². The molecule has 0 aliphatic carbocycles. The first-order valence-corrected chi connectivity index (χ1v) is 7.85. The van der Waals surface area contributed by atoms with Crippen LogP contribution in [0.5, 0.6) is 0 Å². The summed E-state index contributed by atoms with van der Waals surface area (Å²) >= 11 is 0. The average Bonchev–Trinajstić information content (AvgIpc) is 2.42. The summed E-state index contributed by atoms with van der Waals surface area (Å²) in [4.78, 5) is 0.144. The smallest absolute Gasteiger partial charge is 0.266 e. The normalized spacial score (nSPS) is 11.3. The highest BCUT2D eigenvalue weighted by Gasteiger charge is 2.26.